The largest absolute Gasteiger partial charge is 0.354 e. The topological polar surface area (TPSA) is 148 Å². The van der Waals surface area contributed by atoms with Crippen LogP contribution in [0.15, 0.2) is 6.33 Å². The summed E-state index contributed by atoms with van der Waals surface area (Å²) in [5, 5.41) is 16.5. The lowest BCUT2D eigenvalue weighted by atomic mass is 10.3. The van der Waals surface area contributed by atoms with Crippen molar-refractivity contribution in [1.82, 2.24) is 15.3 Å². The fraction of sp³-hybridized carbons (Fsp3) is 0.500. The number of hydrogen-bond donors (Lipinski definition) is 4. The van der Waals surface area contributed by atoms with Gasteiger partial charge in [0.2, 0.25) is 17.5 Å². The van der Waals surface area contributed by atoms with Crippen LogP contribution in [-0.2, 0) is 4.79 Å². The zero-order valence-corrected chi connectivity index (χ0v) is 10.8. The summed E-state index contributed by atoms with van der Waals surface area (Å²) in [4.78, 5) is 29.6. The standard InChI is InChI=1S/C10H15N7O3/c1-5(10(18)15-6-2-3-6)14-8-7(17(19)20)9(16-11)13-4-12-8/h4-6H,2-3,11H2,1H3,(H,15,18)(H2,12,13,14,16). The number of aromatic nitrogens is 2. The number of nitrogens with one attached hydrogen (secondary N) is 3. The quantitative estimate of drug-likeness (QED) is 0.317. The summed E-state index contributed by atoms with van der Waals surface area (Å²) in [6, 6.07) is -0.441. The van der Waals surface area contributed by atoms with E-state index in [1.54, 1.807) is 6.92 Å². The van der Waals surface area contributed by atoms with E-state index in [-0.39, 0.29) is 23.6 Å². The molecule has 0 radical (unpaired) electrons. The highest BCUT2D eigenvalue weighted by molar-refractivity contribution is 5.85. The summed E-state index contributed by atoms with van der Waals surface area (Å²) in [5.41, 5.74) is 1.73. The number of nitrogens with two attached hydrogens (primary N) is 1. The normalized spacial score (nSPS) is 15.3. The van der Waals surface area contributed by atoms with Gasteiger partial charge in [0.25, 0.3) is 0 Å². The van der Waals surface area contributed by atoms with Gasteiger partial charge in [0.05, 0.1) is 4.92 Å². The molecule has 1 aromatic heterocycles. The molecule has 0 bridgehead atoms. The molecule has 0 aliphatic heterocycles. The van der Waals surface area contributed by atoms with E-state index >= 15 is 0 Å². The zero-order chi connectivity index (χ0) is 14.7. The molecule has 1 atom stereocenters. The molecule has 1 unspecified atom stereocenters. The molecule has 1 saturated carbocycles. The predicted octanol–water partition coefficient (Wildman–Crippen LogP) is -0.251. The van der Waals surface area contributed by atoms with Crippen LogP contribution in [0.25, 0.3) is 0 Å². The summed E-state index contributed by atoms with van der Waals surface area (Å²) in [5.74, 6) is 4.75. The minimum absolute atomic E-state index is 0.0589. The Bertz CT molecular complexity index is 532. The fourth-order valence-electron chi connectivity index (χ4n) is 1.59. The van der Waals surface area contributed by atoms with E-state index in [0.717, 1.165) is 19.2 Å². The Balaban J connectivity index is 2.15. The maximum atomic E-state index is 11.8. The molecule has 0 saturated heterocycles. The minimum atomic E-state index is -0.664. The SMILES string of the molecule is CC(Nc1ncnc(NN)c1[N+](=O)[O-])C(=O)NC1CC1. The van der Waals surface area contributed by atoms with Crippen LogP contribution in [0.1, 0.15) is 19.8 Å². The molecular weight excluding hydrogens is 266 g/mol. The molecule has 0 aromatic carbocycles. The molecule has 20 heavy (non-hydrogen) atoms. The van der Waals surface area contributed by atoms with E-state index in [0.29, 0.717) is 0 Å². The van der Waals surface area contributed by atoms with Gasteiger partial charge in [-0.15, -0.1) is 0 Å². The summed E-state index contributed by atoms with van der Waals surface area (Å²) in [6.45, 7) is 1.60. The minimum Gasteiger partial charge on any atom is -0.353 e. The van der Waals surface area contributed by atoms with Crippen LogP contribution in [0.4, 0.5) is 17.3 Å². The van der Waals surface area contributed by atoms with Gasteiger partial charge < -0.3 is 16.1 Å². The molecule has 5 N–H and O–H groups in total. The summed E-state index contributed by atoms with van der Waals surface area (Å²) < 4.78 is 0. The van der Waals surface area contributed by atoms with E-state index < -0.39 is 16.7 Å². The molecule has 1 aromatic rings. The van der Waals surface area contributed by atoms with Gasteiger partial charge in [-0.05, 0) is 19.8 Å². The number of hydrogen-bond acceptors (Lipinski definition) is 8. The number of anilines is 2. The smallest absolute Gasteiger partial charge is 0.353 e. The van der Waals surface area contributed by atoms with Gasteiger partial charge in [-0.2, -0.15) is 0 Å². The van der Waals surface area contributed by atoms with Crippen LogP contribution in [0.5, 0.6) is 0 Å². The van der Waals surface area contributed by atoms with E-state index in [9.17, 15) is 14.9 Å². The molecule has 1 aliphatic carbocycles. The molecule has 10 heteroatoms. The Hall–Kier alpha value is -2.49. The predicted molar refractivity (Wildman–Crippen MR) is 70.7 cm³/mol. The average Bonchev–Trinajstić information content (AvgIpc) is 3.21. The Kier molecular flexibility index (Phi) is 3.94. The molecule has 1 heterocycles. The third-order valence-electron chi connectivity index (χ3n) is 2.81. The summed E-state index contributed by atoms with van der Waals surface area (Å²) in [6.07, 6.45) is 3.05. The Morgan fingerprint density at radius 3 is 2.70 bits per heavy atom. The molecule has 1 aliphatic rings. The Morgan fingerprint density at radius 1 is 1.50 bits per heavy atom. The number of nitrogen functional groups attached to an aromatic ring is 1. The van der Waals surface area contributed by atoms with Crippen LogP contribution in [0.2, 0.25) is 0 Å². The first-order chi connectivity index (χ1) is 9.52. The number of rotatable bonds is 6. The van der Waals surface area contributed by atoms with Crippen molar-refractivity contribution in [1.29, 1.82) is 0 Å². The number of nitro groups is 1. The first kappa shape index (κ1) is 13.9. The van der Waals surface area contributed by atoms with Crippen LogP contribution in [-0.4, -0.2) is 32.9 Å². The second kappa shape index (κ2) is 5.65. The third kappa shape index (κ3) is 3.09. The maximum absolute atomic E-state index is 11.8. The Labute approximate surface area is 114 Å². The number of amides is 1. The van der Waals surface area contributed by atoms with Crippen molar-refractivity contribution in [2.45, 2.75) is 31.8 Å². The first-order valence-electron chi connectivity index (χ1n) is 6.06. The van der Waals surface area contributed by atoms with Crippen LogP contribution >= 0.6 is 0 Å². The Morgan fingerprint density at radius 2 is 2.15 bits per heavy atom. The van der Waals surface area contributed by atoms with Crippen molar-refractivity contribution in [3.05, 3.63) is 16.4 Å². The molecule has 0 spiro atoms. The lowest BCUT2D eigenvalue weighted by Crippen LogP contribution is -2.39. The number of nitrogens with zero attached hydrogens (tertiary/aromatic N) is 3. The second-order valence-electron chi connectivity index (χ2n) is 4.47. The fourth-order valence-corrected chi connectivity index (χ4v) is 1.59. The van der Waals surface area contributed by atoms with E-state index in [1.165, 1.54) is 0 Å². The second-order valence-corrected chi connectivity index (χ2v) is 4.47. The maximum Gasteiger partial charge on any atom is 0.354 e. The first-order valence-corrected chi connectivity index (χ1v) is 6.06. The van der Waals surface area contributed by atoms with Crippen molar-refractivity contribution in [3.63, 3.8) is 0 Å². The van der Waals surface area contributed by atoms with Crippen molar-refractivity contribution in [2.75, 3.05) is 10.7 Å². The van der Waals surface area contributed by atoms with Crippen molar-refractivity contribution in [2.24, 2.45) is 5.84 Å². The summed E-state index contributed by atoms with van der Waals surface area (Å²) >= 11 is 0. The monoisotopic (exact) mass is 281 g/mol. The van der Waals surface area contributed by atoms with Crippen LogP contribution < -0.4 is 21.9 Å². The molecular formula is C10H15N7O3. The van der Waals surface area contributed by atoms with Crippen molar-refractivity contribution in [3.8, 4) is 0 Å². The van der Waals surface area contributed by atoms with E-state index in [2.05, 4.69) is 26.0 Å². The van der Waals surface area contributed by atoms with E-state index in [4.69, 9.17) is 5.84 Å². The zero-order valence-electron chi connectivity index (χ0n) is 10.8. The van der Waals surface area contributed by atoms with Gasteiger partial charge in [-0.3, -0.25) is 14.9 Å². The number of carbonyl (C=O) groups excluding carboxylic acids is 1. The lowest BCUT2D eigenvalue weighted by Gasteiger charge is -2.14. The molecule has 10 nitrogen and oxygen atoms in total. The number of hydrazine groups is 1. The molecule has 2 rings (SSSR count). The van der Waals surface area contributed by atoms with Gasteiger partial charge >= 0.3 is 5.69 Å². The highest BCUT2D eigenvalue weighted by Crippen LogP contribution is 2.28. The molecule has 108 valence electrons. The number of carbonyl (C=O) groups is 1. The van der Waals surface area contributed by atoms with Gasteiger partial charge in [0.1, 0.15) is 12.4 Å². The highest BCUT2D eigenvalue weighted by Gasteiger charge is 2.28. The van der Waals surface area contributed by atoms with Crippen molar-refractivity contribution >= 4 is 23.2 Å². The van der Waals surface area contributed by atoms with E-state index in [1.807, 2.05) is 0 Å². The van der Waals surface area contributed by atoms with Gasteiger partial charge in [0.15, 0.2) is 0 Å². The lowest BCUT2D eigenvalue weighted by molar-refractivity contribution is -0.383. The third-order valence-corrected chi connectivity index (χ3v) is 2.81. The summed E-state index contributed by atoms with van der Waals surface area (Å²) in [7, 11) is 0. The molecule has 1 fully saturated rings. The molecule has 1 amide bonds. The van der Waals surface area contributed by atoms with Crippen LogP contribution in [0.3, 0.4) is 0 Å². The van der Waals surface area contributed by atoms with Gasteiger partial charge in [-0.1, -0.05) is 0 Å². The van der Waals surface area contributed by atoms with Crippen molar-refractivity contribution < 1.29 is 9.72 Å². The van der Waals surface area contributed by atoms with Crippen LogP contribution in [0, 0.1) is 10.1 Å². The van der Waals surface area contributed by atoms with Gasteiger partial charge in [-0.25, -0.2) is 15.8 Å². The highest BCUT2D eigenvalue weighted by atomic mass is 16.6. The average molecular weight is 281 g/mol. The van der Waals surface area contributed by atoms with Gasteiger partial charge in [0, 0.05) is 6.04 Å².